The lowest BCUT2D eigenvalue weighted by Gasteiger charge is -2.09. The van der Waals surface area contributed by atoms with Crippen LogP contribution in [0.5, 0.6) is 11.5 Å². The number of benzene rings is 1. The van der Waals surface area contributed by atoms with Gasteiger partial charge in [-0.05, 0) is 19.1 Å². The Balaban J connectivity index is 2.17. The standard InChI is InChI=1S/C13H12N2O3/c1-2-17-11-5-3-4-6-12(11)18-13(16)10-9-14-7-8-15-10/h3-9H,2H2,1H3. The van der Waals surface area contributed by atoms with Crippen molar-refractivity contribution in [2.45, 2.75) is 6.92 Å². The lowest BCUT2D eigenvalue weighted by atomic mass is 10.3. The molecule has 0 unspecified atom stereocenters. The maximum atomic E-state index is 11.8. The molecule has 0 bridgehead atoms. The summed E-state index contributed by atoms with van der Waals surface area (Å²) >= 11 is 0. The maximum Gasteiger partial charge on any atom is 0.364 e. The Kier molecular flexibility index (Phi) is 3.86. The molecule has 0 amide bonds. The zero-order valence-electron chi connectivity index (χ0n) is 9.87. The van der Waals surface area contributed by atoms with Crippen LogP contribution in [-0.2, 0) is 0 Å². The largest absolute Gasteiger partial charge is 0.490 e. The second kappa shape index (κ2) is 5.77. The van der Waals surface area contributed by atoms with Crippen molar-refractivity contribution < 1.29 is 14.3 Å². The van der Waals surface area contributed by atoms with Crippen LogP contribution in [0.3, 0.4) is 0 Å². The van der Waals surface area contributed by atoms with E-state index in [4.69, 9.17) is 9.47 Å². The predicted octanol–water partition coefficient (Wildman–Crippen LogP) is 2.09. The van der Waals surface area contributed by atoms with Crippen LogP contribution in [0, 0.1) is 0 Å². The van der Waals surface area contributed by atoms with Gasteiger partial charge in [0, 0.05) is 12.4 Å². The molecule has 18 heavy (non-hydrogen) atoms. The monoisotopic (exact) mass is 244 g/mol. The summed E-state index contributed by atoms with van der Waals surface area (Å²) in [5.74, 6) is 0.336. The van der Waals surface area contributed by atoms with E-state index in [0.717, 1.165) is 0 Å². The van der Waals surface area contributed by atoms with Gasteiger partial charge in [-0.15, -0.1) is 0 Å². The van der Waals surface area contributed by atoms with Gasteiger partial charge in [0.25, 0.3) is 0 Å². The minimum atomic E-state index is -0.560. The Morgan fingerprint density at radius 3 is 2.67 bits per heavy atom. The Morgan fingerprint density at radius 2 is 2.00 bits per heavy atom. The van der Waals surface area contributed by atoms with Crippen molar-refractivity contribution in [2.24, 2.45) is 0 Å². The van der Waals surface area contributed by atoms with Crippen molar-refractivity contribution in [2.75, 3.05) is 6.61 Å². The number of nitrogens with zero attached hydrogens (tertiary/aromatic N) is 2. The number of hydrogen-bond acceptors (Lipinski definition) is 5. The van der Waals surface area contributed by atoms with Crippen LogP contribution in [0.2, 0.25) is 0 Å². The first kappa shape index (κ1) is 12.0. The third-order valence-corrected chi connectivity index (χ3v) is 2.12. The Labute approximate surface area is 104 Å². The molecule has 0 aliphatic carbocycles. The first-order valence-electron chi connectivity index (χ1n) is 5.51. The molecule has 2 aromatic rings. The summed E-state index contributed by atoms with van der Waals surface area (Å²) in [7, 11) is 0. The third kappa shape index (κ3) is 2.82. The van der Waals surface area contributed by atoms with Crippen molar-refractivity contribution in [1.29, 1.82) is 0 Å². The summed E-state index contributed by atoms with van der Waals surface area (Å²) in [4.78, 5) is 19.5. The molecule has 5 heteroatoms. The van der Waals surface area contributed by atoms with Crippen LogP contribution < -0.4 is 9.47 Å². The summed E-state index contributed by atoms with van der Waals surface area (Å²) in [6.45, 7) is 2.36. The molecule has 1 aromatic carbocycles. The van der Waals surface area contributed by atoms with Crippen molar-refractivity contribution in [3.05, 3.63) is 48.5 Å². The topological polar surface area (TPSA) is 61.3 Å². The summed E-state index contributed by atoms with van der Waals surface area (Å²) in [6.07, 6.45) is 4.28. The zero-order chi connectivity index (χ0) is 12.8. The van der Waals surface area contributed by atoms with E-state index in [1.54, 1.807) is 18.2 Å². The van der Waals surface area contributed by atoms with E-state index in [-0.39, 0.29) is 5.69 Å². The molecule has 1 aromatic heterocycles. The maximum absolute atomic E-state index is 11.8. The highest BCUT2D eigenvalue weighted by molar-refractivity contribution is 5.88. The number of esters is 1. The van der Waals surface area contributed by atoms with Gasteiger partial charge in [0.05, 0.1) is 12.8 Å². The molecule has 0 aliphatic heterocycles. The molecule has 1 heterocycles. The molecule has 0 saturated carbocycles. The SMILES string of the molecule is CCOc1ccccc1OC(=O)c1cnccn1. The number of carbonyl (C=O) groups is 1. The lowest BCUT2D eigenvalue weighted by molar-refractivity contribution is 0.0721. The van der Waals surface area contributed by atoms with Crippen LogP contribution in [0.1, 0.15) is 17.4 Å². The molecule has 2 rings (SSSR count). The zero-order valence-corrected chi connectivity index (χ0v) is 9.87. The van der Waals surface area contributed by atoms with Crippen LogP contribution >= 0.6 is 0 Å². The second-order valence-corrected chi connectivity index (χ2v) is 3.36. The number of rotatable bonds is 4. The van der Waals surface area contributed by atoms with Crippen LogP contribution in [0.25, 0.3) is 0 Å². The van der Waals surface area contributed by atoms with Crippen molar-refractivity contribution >= 4 is 5.97 Å². The molecule has 0 saturated heterocycles. The van der Waals surface area contributed by atoms with Gasteiger partial charge in [-0.1, -0.05) is 12.1 Å². The van der Waals surface area contributed by atoms with Gasteiger partial charge < -0.3 is 9.47 Å². The number of hydrogen-bond donors (Lipinski definition) is 0. The molecule has 0 spiro atoms. The molecule has 0 radical (unpaired) electrons. The smallest absolute Gasteiger partial charge is 0.364 e. The van der Waals surface area contributed by atoms with E-state index >= 15 is 0 Å². The van der Waals surface area contributed by atoms with E-state index in [0.29, 0.717) is 18.1 Å². The van der Waals surface area contributed by atoms with Crippen LogP contribution in [0.15, 0.2) is 42.9 Å². The van der Waals surface area contributed by atoms with Gasteiger partial charge in [0.15, 0.2) is 17.2 Å². The summed E-state index contributed by atoms with van der Waals surface area (Å²) in [6, 6.07) is 6.98. The lowest BCUT2D eigenvalue weighted by Crippen LogP contribution is -2.11. The van der Waals surface area contributed by atoms with Gasteiger partial charge in [-0.25, -0.2) is 9.78 Å². The van der Waals surface area contributed by atoms with E-state index in [9.17, 15) is 4.79 Å². The van der Waals surface area contributed by atoms with E-state index in [1.165, 1.54) is 18.6 Å². The molecule has 5 nitrogen and oxygen atoms in total. The fraction of sp³-hybridized carbons (Fsp3) is 0.154. The highest BCUT2D eigenvalue weighted by atomic mass is 16.6. The Bertz CT molecular complexity index is 529. The predicted molar refractivity (Wildman–Crippen MR) is 64.6 cm³/mol. The third-order valence-electron chi connectivity index (χ3n) is 2.12. The van der Waals surface area contributed by atoms with Crippen LogP contribution in [0.4, 0.5) is 0 Å². The van der Waals surface area contributed by atoms with Crippen molar-refractivity contribution in [3.8, 4) is 11.5 Å². The molecule has 0 atom stereocenters. The van der Waals surface area contributed by atoms with Gasteiger partial charge in [-0.3, -0.25) is 4.98 Å². The number of aromatic nitrogens is 2. The van der Waals surface area contributed by atoms with E-state index in [2.05, 4.69) is 9.97 Å². The summed E-state index contributed by atoms with van der Waals surface area (Å²) in [5.41, 5.74) is 0.156. The molecule has 0 aliphatic rings. The van der Waals surface area contributed by atoms with Gasteiger partial charge in [0.1, 0.15) is 0 Å². The Morgan fingerprint density at radius 1 is 1.22 bits per heavy atom. The number of carbonyl (C=O) groups excluding carboxylic acids is 1. The van der Waals surface area contributed by atoms with E-state index in [1.807, 2.05) is 13.0 Å². The molecule has 0 fully saturated rings. The minimum absolute atomic E-state index is 0.156. The van der Waals surface area contributed by atoms with Gasteiger partial charge in [-0.2, -0.15) is 0 Å². The summed E-state index contributed by atoms with van der Waals surface area (Å²) in [5, 5.41) is 0. The van der Waals surface area contributed by atoms with Gasteiger partial charge in [0.2, 0.25) is 0 Å². The summed E-state index contributed by atoms with van der Waals surface area (Å²) < 4.78 is 10.6. The first-order chi connectivity index (χ1) is 8.81. The second-order valence-electron chi connectivity index (χ2n) is 3.36. The minimum Gasteiger partial charge on any atom is -0.490 e. The fourth-order valence-corrected chi connectivity index (χ4v) is 1.37. The average Bonchev–Trinajstić information content (AvgIpc) is 2.42. The molecule has 0 N–H and O–H groups in total. The fourth-order valence-electron chi connectivity index (χ4n) is 1.37. The quantitative estimate of drug-likeness (QED) is 0.608. The normalized spacial score (nSPS) is 9.83. The highest BCUT2D eigenvalue weighted by Gasteiger charge is 2.13. The highest BCUT2D eigenvalue weighted by Crippen LogP contribution is 2.26. The number of para-hydroxylation sites is 2. The first-order valence-corrected chi connectivity index (χ1v) is 5.51. The average molecular weight is 244 g/mol. The molecular weight excluding hydrogens is 232 g/mol. The number of ether oxygens (including phenoxy) is 2. The van der Waals surface area contributed by atoms with Crippen molar-refractivity contribution in [1.82, 2.24) is 9.97 Å². The van der Waals surface area contributed by atoms with Crippen LogP contribution in [-0.4, -0.2) is 22.5 Å². The molecule has 92 valence electrons. The van der Waals surface area contributed by atoms with E-state index < -0.39 is 5.97 Å². The van der Waals surface area contributed by atoms with Crippen molar-refractivity contribution in [3.63, 3.8) is 0 Å². The molecular formula is C13H12N2O3. The Hall–Kier alpha value is -2.43. The van der Waals surface area contributed by atoms with Gasteiger partial charge >= 0.3 is 5.97 Å².